The molecule has 1 saturated heterocycles. The van der Waals surface area contributed by atoms with Gasteiger partial charge < -0.3 is 5.11 Å². The monoisotopic (exact) mass is 391 g/mol. The van der Waals surface area contributed by atoms with Crippen molar-refractivity contribution in [3.05, 3.63) is 81.9 Å². The van der Waals surface area contributed by atoms with Crippen LogP contribution in [-0.4, -0.2) is 27.0 Å². The van der Waals surface area contributed by atoms with Gasteiger partial charge in [0.25, 0.3) is 5.78 Å². The SMILES string of the molecule is Cc1ccc([C@@H]2C(=C(O)c3ccccc3)C(=O)C(=O)N2c2nnc(C)s2)cc1. The minimum atomic E-state index is -0.770. The van der Waals surface area contributed by atoms with E-state index in [0.29, 0.717) is 15.7 Å². The van der Waals surface area contributed by atoms with E-state index in [1.165, 1.54) is 16.2 Å². The Labute approximate surface area is 165 Å². The van der Waals surface area contributed by atoms with Gasteiger partial charge in [0.2, 0.25) is 5.13 Å². The van der Waals surface area contributed by atoms with Crippen molar-refractivity contribution in [2.75, 3.05) is 4.90 Å². The van der Waals surface area contributed by atoms with Gasteiger partial charge in [-0.15, -0.1) is 10.2 Å². The number of carbonyl (C=O) groups excluding carboxylic acids is 2. The quantitative estimate of drug-likeness (QED) is 0.417. The Morgan fingerprint density at radius 1 is 1.00 bits per heavy atom. The zero-order valence-corrected chi connectivity index (χ0v) is 16.1. The zero-order valence-electron chi connectivity index (χ0n) is 15.3. The first-order chi connectivity index (χ1) is 13.5. The molecule has 0 unspecified atom stereocenters. The highest BCUT2D eigenvalue weighted by Crippen LogP contribution is 2.42. The molecule has 1 aliphatic heterocycles. The number of carbonyl (C=O) groups is 2. The number of rotatable bonds is 3. The predicted octanol–water partition coefficient (Wildman–Crippen LogP) is 3.78. The Hall–Kier alpha value is -3.32. The van der Waals surface area contributed by atoms with Crippen molar-refractivity contribution < 1.29 is 14.7 Å². The van der Waals surface area contributed by atoms with Crippen LogP contribution < -0.4 is 4.90 Å². The third-order valence-electron chi connectivity index (χ3n) is 4.61. The van der Waals surface area contributed by atoms with Crippen LogP contribution in [-0.2, 0) is 9.59 Å². The van der Waals surface area contributed by atoms with Crippen LogP contribution in [0.2, 0.25) is 0 Å². The van der Waals surface area contributed by atoms with Crippen molar-refractivity contribution in [2.45, 2.75) is 19.9 Å². The van der Waals surface area contributed by atoms with Crippen LogP contribution in [0.4, 0.5) is 5.13 Å². The number of aromatic nitrogens is 2. The molecule has 1 atom stereocenters. The molecule has 1 fully saturated rings. The molecule has 0 saturated carbocycles. The standard InChI is InChI=1S/C21H17N3O3S/c1-12-8-10-14(11-9-12)17-16(18(25)15-6-4-3-5-7-15)19(26)20(27)24(17)21-23-22-13(2)28-21/h3-11,17,25H,1-2H3/t17-/m1/s1. The van der Waals surface area contributed by atoms with Gasteiger partial charge >= 0.3 is 5.91 Å². The number of amides is 1. The summed E-state index contributed by atoms with van der Waals surface area (Å²) in [6, 6.07) is 15.5. The smallest absolute Gasteiger partial charge is 0.301 e. The van der Waals surface area contributed by atoms with Gasteiger partial charge in [-0.3, -0.25) is 14.5 Å². The van der Waals surface area contributed by atoms with E-state index in [0.717, 1.165) is 11.1 Å². The molecular formula is C21H17N3O3S. The molecule has 6 nitrogen and oxygen atoms in total. The first-order valence-corrected chi connectivity index (χ1v) is 9.52. The van der Waals surface area contributed by atoms with E-state index in [-0.39, 0.29) is 11.3 Å². The number of hydrogen-bond donors (Lipinski definition) is 1. The summed E-state index contributed by atoms with van der Waals surface area (Å²) >= 11 is 1.23. The summed E-state index contributed by atoms with van der Waals surface area (Å²) < 4.78 is 0. The van der Waals surface area contributed by atoms with E-state index in [9.17, 15) is 14.7 Å². The molecule has 1 amide bonds. The number of aliphatic hydroxyl groups is 1. The lowest BCUT2D eigenvalue weighted by atomic mass is 9.95. The molecule has 2 aromatic carbocycles. The lowest BCUT2D eigenvalue weighted by Crippen LogP contribution is -2.29. The maximum Gasteiger partial charge on any atom is 0.301 e. The minimum Gasteiger partial charge on any atom is -0.507 e. The van der Waals surface area contributed by atoms with Gasteiger partial charge in [-0.05, 0) is 19.4 Å². The summed E-state index contributed by atoms with van der Waals surface area (Å²) in [6.07, 6.45) is 0. The Morgan fingerprint density at radius 3 is 2.29 bits per heavy atom. The van der Waals surface area contributed by atoms with E-state index in [1.807, 2.05) is 37.3 Å². The van der Waals surface area contributed by atoms with Gasteiger partial charge in [-0.25, -0.2) is 0 Å². The molecule has 3 aromatic rings. The summed E-state index contributed by atoms with van der Waals surface area (Å²) in [6.45, 7) is 3.74. The fourth-order valence-corrected chi connectivity index (χ4v) is 3.94. The number of anilines is 1. The van der Waals surface area contributed by atoms with Gasteiger partial charge in [-0.2, -0.15) is 0 Å². The van der Waals surface area contributed by atoms with Crippen molar-refractivity contribution in [3.63, 3.8) is 0 Å². The average molecular weight is 391 g/mol. The highest BCUT2D eigenvalue weighted by molar-refractivity contribution is 7.15. The normalized spacial score (nSPS) is 18.6. The highest BCUT2D eigenvalue weighted by atomic mass is 32.1. The summed E-state index contributed by atoms with van der Waals surface area (Å²) in [4.78, 5) is 27.1. The van der Waals surface area contributed by atoms with Crippen molar-refractivity contribution in [1.82, 2.24) is 10.2 Å². The first-order valence-electron chi connectivity index (χ1n) is 8.70. The molecule has 0 aliphatic carbocycles. The molecule has 4 rings (SSSR count). The maximum absolute atomic E-state index is 12.9. The molecule has 1 aromatic heterocycles. The van der Waals surface area contributed by atoms with Gasteiger partial charge in [-0.1, -0.05) is 71.5 Å². The van der Waals surface area contributed by atoms with Gasteiger partial charge in [0.15, 0.2) is 0 Å². The van der Waals surface area contributed by atoms with E-state index in [4.69, 9.17) is 0 Å². The zero-order chi connectivity index (χ0) is 19.8. The topological polar surface area (TPSA) is 83.4 Å². The number of aliphatic hydroxyl groups excluding tert-OH is 1. The van der Waals surface area contributed by atoms with Gasteiger partial charge in [0, 0.05) is 5.56 Å². The van der Waals surface area contributed by atoms with Crippen LogP contribution >= 0.6 is 11.3 Å². The predicted molar refractivity (Wildman–Crippen MR) is 107 cm³/mol. The molecule has 2 heterocycles. The van der Waals surface area contributed by atoms with Crippen molar-refractivity contribution in [2.24, 2.45) is 0 Å². The summed E-state index contributed by atoms with van der Waals surface area (Å²) in [7, 11) is 0. The summed E-state index contributed by atoms with van der Waals surface area (Å²) in [5, 5.41) is 20.0. The first kappa shape index (κ1) is 18.1. The molecule has 0 bridgehead atoms. The minimum absolute atomic E-state index is 0.0490. The molecule has 0 radical (unpaired) electrons. The van der Waals surface area contributed by atoms with Gasteiger partial charge in [0.1, 0.15) is 10.8 Å². The second-order valence-corrected chi connectivity index (χ2v) is 7.71. The molecule has 1 aliphatic rings. The fraction of sp³-hybridized carbons (Fsp3) is 0.143. The Morgan fingerprint density at radius 2 is 1.68 bits per heavy atom. The van der Waals surface area contributed by atoms with Crippen LogP contribution in [0.1, 0.15) is 27.7 Å². The number of aryl methyl sites for hydroxylation is 2. The lowest BCUT2D eigenvalue weighted by molar-refractivity contribution is -0.132. The molecular weight excluding hydrogens is 374 g/mol. The van der Waals surface area contributed by atoms with Crippen LogP contribution in [0.15, 0.2) is 60.2 Å². The molecule has 1 N–H and O–H groups in total. The largest absolute Gasteiger partial charge is 0.507 e. The van der Waals surface area contributed by atoms with Gasteiger partial charge in [0.05, 0.1) is 11.6 Å². The highest BCUT2D eigenvalue weighted by Gasteiger charge is 2.48. The molecule has 0 spiro atoms. The maximum atomic E-state index is 12.9. The number of nitrogens with zero attached hydrogens (tertiary/aromatic N) is 3. The Kier molecular flexibility index (Phi) is 4.52. The number of benzene rings is 2. The van der Waals surface area contributed by atoms with Crippen molar-refractivity contribution in [3.8, 4) is 0 Å². The van der Waals surface area contributed by atoms with Crippen LogP contribution in [0.25, 0.3) is 5.76 Å². The second-order valence-electron chi connectivity index (χ2n) is 6.55. The van der Waals surface area contributed by atoms with E-state index in [2.05, 4.69) is 10.2 Å². The number of ketones is 1. The number of Topliss-reactive ketones (excluding diaryl/α,β-unsaturated/α-hetero) is 1. The van der Waals surface area contributed by atoms with Crippen molar-refractivity contribution >= 4 is 33.9 Å². The van der Waals surface area contributed by atoms with Crippen molar-refractivity contribution in [1.29, 1.82) is 0 Å². The Bertz CT molecular complexity index is 1090. The molecule has 28 heavy (non-hydrogen) atoms. The molecule has 140 valence electrons. The van der Waals surface area contributed by atoms with E-state index < -0.39 is 17.7 Å². The second kappa shape index (κ2) is 7.01. The third kappa shape index (κ3) is 2.99. The van der Waals surface area contributed by atoms with Crippen LogP contribution in [0.5, 0.6) is 0 Å². The van der Waals surface area contributed by atoms with E-state index >= 15 is 0 Å². The van der Waals surface area contributed by atoms with E-state index in [1.54, 1.807) is 31.2 Å². The fourth-order valence-electron chi connectivity index (χ4n) is 3.23. The lowest BCUT2D eigenvalue weighted by Gasteiger charge is -2.22. The summed E-state index contributed by atoms with van der Waals surface area (Å²) in [5.74, 6) is -1.66. The average Bonchev–Trinajstić information content (AvgIpc) is 3.24. The summed E-state index contributed by atoms with van der Waals surface area (Å²) in [5.41, 5.74) is 2.30. The third-order valence-corrected chi connectivity index (χ3v) is 5.44. The van der Waals surface area contributed by atoms with Crippen LogP contribution in [0.3, 0.4) is 0 Å². The Balaban J connectivity index is 1.94. The molecule has 7 heteroatoms. The van der Waals surface area contributed by atoms with Crippen LogP contribution in [0, 0.1) is 13.8 Å². The number of hydrogen-bond acceptors (Lipinski definition) is 6.